The fourth-order valence-corrected chi connectivity index (χ4v) is 2.92. The Morgan fingerprint density at radius 3 is 2.26 bits per heavy atom. The van der Waals surface area contributed by atoms with E-state index in [4.69, 9.17) is 9.63 Å². The summed E-state index contributed by atoms with van der Waals surface area (Å²) < 4.78 is 34.1. The molecular formula is C9H10N2Na2O12P2. The average Bonchev–Trinajstić information content (AvgIpc) is 2.46. The van der Waals surface area contributed by atoms with Crippen molar-refractivity contribution in [1.82, 2.24) is 9.55 Å². The molecule has 2 unspecified atom stereocenters. The zero-order valence-electron chi connectivity index (χ0n) is 14.0. The number of aromatic amines is 1. The molecule has 0 bridgehead atoms. The molecule has 0 aliphatic rings. The first-order valence-electron chi connectivity index (χ1n) is 6.05. The van der Waals surface area contributed by atoms with Crippen LogP contribution in [-0.2, 0) is 32.3 Å². The van der Waals surface area contributed by atoms with Gasteiger partial charge >= 0.3 is 64.8 Å². The molecule has 0 saturated carbocycles. The summed E-state index contributed by atoms with van der Waals surface area (Å²) in [6, 6.07) is 0.875. The van der Waals surface area contributed by atoms with Gasteiger partial charge in [-0.25, -0.2) is 9.11 Å². The summed E-state index contributed by atoms with van der Waals surface area (Å²) in [5.41, 5.74) is -1.82. The minimum atomic E-state index is -5.66. The normalized spacial score (nSPS) is 17.1. The fourth-order valence-electron chi connectivity index (χ4n) is 1.40. The predicted molar refractivity (Wildman–Crippen MR) is 71.8 cm³/mol. The Bertz CT molecular complexity index is 835. The Kier molecular flexibility index (Phi) is 13.9. The molecule has 27 heavy (non-hydrogen) atoms. The number of carbonyl (C=O) groups is 2. The van der Waals surface area contributed by atoms with E-state index in [1.54, 1.807) is 0 Å². The molecule has 0 saturated heterocycles. The summed E-state index contributed by atoms with van der Waals surface area (Å²) in [6.45, 7) is -1.13. The molecule has 1 aromatic rings. The number of nitrogens with zero attached hydrogens (tertiary/aromatic N) is 1. The van der Waals surface area contributed by atoms with Crippen LogP contribution in [0, 0.1) is 0 Å². The molecular weight excluding hydrogens is 436 g/mol. The number of hydrogen-bond acceptors (Lipinski definition) is 11. The SMILES string of the molecule is O=C[C@@H](COP(=O)([O-])OP(=O)([O-])O)O[C@H](C=O)n1ccc(=O)[nH]c1=O.[Na+].[Na+]. The fraction of sp³-hybridized carbons (Fsp3) is 0.333. The number of phosphoric acid groups is 2. The van der Waals surface area contributed by atoms with Crippen molar-refractivity contribution in [1.29, 1.82) is 0 Å². The van der Waals surface area contributed by atoms with Gasteiger partial charge < -0.3 is 28.7 Å². The van der Waals surface area contributed by atoms with E-state index in [2.05, 4.69) is 8.83 Å². The van der Waals surface area contributed by atoms with Crippen molar-refractivity contribution in [3.05, 3.63) is 33.1 Å². The van der Waals surface area contributed by atoms with Crippen LogP contribution in [0.15, 0.2) is 21.9 Å². The largest absolute Gasteiger partial charge is 1.00 e. The molecule has 2 N–H and O–H groups in total. The first kappa shape index (κ1) is 29.4. The predicted octanol–water partition coefficient (Wildman–Crippen LogP) is -9.21. The van der Waals surface area contributed by atoms with Gasteiger partial charge in [0.2, 0.25) is 0 Å². The summed E-state index contributed by atoms with van der Waals surface area (Å²) in [5.74, 6) is 0. The molecule has 0 amide bonds. The molecule has 1 heterocycles. The van der Waals surface area contributed by atoms with Crippen molar-refractivity contribution in [2.75, 3.05) is 6.61 Å². The van der Waals surface area contributed by atoms with E-state index < -0.39 is 45.8 Å². The number of rotatable bonds is 10. The van der Waals surface area contributed by atoms with Gasteiger partial charge in [0, 0.05) is 12.3 Å². The van der Waals surface area contributed by atoms with Gasteiger partial charge in [-0.3, -0.25) is 28.3 Å². The number of aldehydes is 2. The van der Waals surface area contributed by atoms with Crippen molar-refractivity contribution in [3.8, 4) is 0 Å². The minimum absolute atomic E-state index is 0. The first-order valence-corrected chi connectivity index (χ1v) is 9.01. The van der Waals surface area contributed by atoms with Crippen LogP contribution in [0.25, 0.3) is 0 Å². The number of nitrogens with one attached hydrogen (secondary N) is 1. The summed E-state index contributed by atoms with van der Waals surface area (Å²) in [6.07, 6.45) is -2.57. The standard InChI is InChI=1S/C9H12N2O12P2.2Na/c12-3-6(5-21-25(19,20)23-24(16,17)18)22-8(4-13)11-2-1-7(14)10-9(11)15;;/h1-4,6,8H,5H2,(H,19,20)(H,10,14,15)(H2,16,17,18);;/q;2*+1/p-2/t6-,8+;;/m0../s1. The van der Waals surface area contributed by atoms with Crippen LogP contribution in [-0.4, -0.2) is 39.7 Å². The Morgan fingerprint density at radius 1 is 1.22 bits per heavy atom. The van der Waals surface area contributed by atoms with Gasteiger partial charge in [0.25, 0.3) is 21.2 Å². The molecule has 1 aromatic heterocycles. The molecule has 1 rings (SSSR count). The zero-order valence-corrected chi connectivity index (χ0v) is 19.7. The van der Waals surface area contributed by atoms with Crippen molar-refractivity contribution in [2.24, 2.45) is 0 Å². The molecule has 18 heteroatoms. The van der Waals surface area contributed by atoms with Crippen molar-refractivity contribution < 1.29 is 106 Å². The molecule has 0 aliphatic heterocycles. The van der Waals surface area contributed by atoms with Gasteiger partial charge in [0.05, 0.1) is 6.61 Å². The second kappa shape index (κ2) is 12.7. The first-order chi connectivity index (χ1) is 11.5. The monoisotopic (exact) mass is 446 g/mol. The number of carbonyl (C=O) groups excluding carboxylic acids is 2. The maximum atomic E-state index is 11.5. The van der Waals surface area contributed by atoms with Gasteiger partial charge in [-0.2, -0.15) is 0 Å². The topological polar surface area (TPSA) is 217 Å². The second-order valence-corrected chi connectivity index (χ2v) is 6.89. The van der Waals surface area contributed by atoms with Crippen molar-refractivity contribution in [3.63, 3.8) is 0 Å². The summed E-state index contributed by atoms with van der Waals surface area (Å²) in [4.78, 5) is 75.8. The Balaban J connectivity index is 0. The number of hydrogen-bond donors (Lipinski definition) is 2. The number of ether oxygens (including phenoxy) is 1. The van der Waals surface area contributed by atoms with E-state index in [0.717, 1.165) is 12.3 Å². The Labute approximate surface area is 194 Å². The maximum Gasteiger partial charge on any atom is 1.00 e. The van der Waals surface area contributed by atoms with E-state index in [1.165, 1.54) is 0 Å². The van der Waals surface area contributed by atoms with Crippen LogP contribution in [0.1, 0.15) is 6.23 Å². The van der Waals surface area contributed by atoms with Crippen LogP contribution in [0.5, 0.6) is 0 Å². The van der Waals surface area contributed by atoms with Crippen LogP contribution in [0.3, 0.4) is 0 Å². The van der Waals surface area contributed by atoms with Crippen LogP contribution < -0.4 is 80.2 Å². The molecule has 140 valence electrons. The molecule has 4 atom stereocenters. The van der Waals surface area contributed by atoms with Gasteiger partial charge in [-0.1, -0.05) is 0 Å². The molecule has 0 aromatic carbocycles. The molecule has 0 radical (unpaired) electrons. The molecule has 0 fully saturated rings. The number of phosphoric ester groups is 1. The Hall–Kier alpha value is 0.240. The van der Waals surface area contributed by atoms with Gasteiger partial charge in [-0.15, -0.1) is 0 Å². The Morgan fingerprint density at radius 2 is 1.81 bits per heavy atom. The van der Waals surface area contributed by atoms with E-state index >= 15 is 0 Å². The smallest absolute Gasteiger partial charge is 0.756 e. The van der Waals surface area contributed by atoms with Gasteiger partial charge in [0.15, 0.2) is 18.8 Å². The van der Waals surface area contributed by atoms with Crippen molar-refractivity contribution >= 4 is 28.2 Å². The summed E-state index contributed by atoms with van der Waals surface area (Å²) in [5, 5.41) is 0. The minimum Gasteiger partial charge on any atom is -0.756 e. The average molecular weight is 446 g/mol. The van der Waals surface area contributed by atoms with E-state index in [9.17, 15) is 38.1 Å². The number of aromatic nitrogens is 2. The second-order valence-electron chi connectivity index (χ2n) is 4.15. The molecule has 0 spiro atoms. The van der Waals surface area contributed by atoms with Crippen LogP contribution in [0.4, 0.5) is 0 Å². The van der Waals surface area contributed by atoms with Crippen molar-refractivity contribution in [2.45, 2.75) is 12.3 Å². The number of H-pyrrole nitrogens is 1. The third-order valence-corrected chi connectivity index (χ3v) is 4.40. The van der Waals surface area contributed by atoms with E-state index in [-0.39, 0.29) is 71.7 Å². The summed E-state index contributed by atoms with van der Waals surface area (Å²) >= 11 is 0. The maximum absolute atomic E-state index is 11.5. The third kappa shape index (κ3) is 11.1. The van der Waals surface area contributed by atoms with E-state index in [1.807, 2.05) is 4.98 Å². The quantitative estimate of drug-likeness (QED) is 0.195. The van der Waals surface area contributed by atoms with E-state index in [0.29, 0.717) is 4.57 Å². The van der Waals surface area contributed by atoms with Crippen LogP contribution >= 0.6 is 15.6 Å². The molecule has 14 nitrogen and oxygen atoms in total. The summed E-state index contributed by atoms with van der Waals surface area (Å²) in [7, 11) is -11.2. The van der Waals surface area contributed by atoms with Crippen LogP contribution in [0.2, 0.25) is 0 Å². The molecule has 0 aliphatic carbocycles. The third-order valence-electron chi connectivity index (χ3n) is 2.31. The van der Waals surface area contributed by atoms with Gasteiger partial charge in [0.1, 0.15) is 6.10 Å². The van der Waals surface area contributed by atoms with Gasteiger partial charge in [-0.05, 0) is 0 Å². The zero-order chi connectivity index (χ0) is 19.3.